The fraction of sp³-hybridized carbons (Fsp3) is 0.667. The van der Waals surface area contributed by atoms with Gasteiger partial charge in [0.2, 0.25) is 11.8 Å². The molecule has 2 aromatic heterocycles. The summed E-state index contributed by atoms with van der Waals surface area (Å²) in [7, 11) is 0. The minimum Gasteiger partial charge on any atom is -0.423 e. The highest BCUT2D eigenvalue weighted by molar-refractivity contribution is 5.07. The van der Waals surface area contributed by atoms with Gasteiger partial charge in [-0.2, -0.15) is 5.10 Å². The highest BCUT2D eigenvalue weighted by Gasteiger charge is 2.25. The Labute approximate surface area is 124 Å². The average Bonchev–Trinajstić information content (AvgIpc) is 3.09. The monoisotopic (exact) mass is 289 g/mol. The van der Waals surface area contributed by atoms with Crippen molar-refractivity contribution < 1.29 is 4.42 Å². The van der Waals surface area contributed by atoms with E-state index in [4.69, 9.17) is 4.42 Å². The quantitative estimate of drug-likeness (QED) is 0.940. The Morgan fingerprint density at radius 3 is 2.90 bits per heavy atom. The summed E-state index contributed by atoms with van der Waals surface area (Å²) in [6.45, 7) is 9.07. The molecule has 3 heterocycles. The SMILES string of the molecule is CC(C)(C)c1nnc(CN2CCCC(c3ccn[nH]3)C2)o1. The van der Waals surface area contributed by atoms with Crippen molar-refractivity contribution >= 4 is 0 Å². The third-order valence-electron chi connectivity index (χ3n) is 3.93. The molecule has 114 valence electrons. The van der Waals surface area contributed by atoms with Gasteiger partial charge < -0.3 is 4.42 Å². The van der Waals surface area contributed by atoms with E-state index in [1.54, 1.807) is 0 Å². The Morgan fingerprint density at radius 2 is 2.24 bits per heavy atom. The minimum absolute atomic E-state index is 0.0917. The summed E-state index contributed by atoms with van der Waals surface area (Å²) in [6.07, 6.45) is 4.21. The van der Waals surface area contributed by atoms with E-state index < -0.39 is 0 Å². The Morgan fingerprint density at radius 1 is 1.38 bits per heavy atom. The average molecular weight is 289 g/mol. The van der Waals surface area contributed by atoms with Crippen molar-refractivity contribution in [3.63, 3.8) is 0 Å². The number of rotatable bonds is 3. The van der Waals surface area contributed by atoms with Crippen LogP contribution in [0, 0.1) is 0 Å². The third-order valence-corrected chi connectivity index (χ3v) is 3.93. The van der Waals surface area contributed by atoms with Crippen molar-refractivity contribution in [1.29, 1.82) is 0 Å². The fourth-order valence-corrected chi connectivity index (χ4v) is 2.76. The summed E-state index contributed by atoms with van der Waals surface area (Å²) in [5.41, 5.74) is 1.13. The van der Waals surface area contributed by atoms with E-state index in [2.05, 4.69) is 52.1 Å². The molecular formula is C15H23N5O. The van der Waals surface area contributed by atoms with Crippen molar-refractivity contribution in [1.82, 2.24) is 25.3 Å². The molecule has 1 saturated heterocycles. The Bertz CT molecular complexity index is 569. The number of H-pyrrole nitrogens is 1. The minimum atomic E-state index is -0.0917. The molecule has 1 N–H and O–H groups in total. The molecule has 6 heteroatoms. The maximum Gasteiger partial charge on any atom is 0.230 e. The van der Waals surface area contributed by atoms with Crippen LogP contribution < -0.4 is 0 Å². The summed E-state index contributed by atoms with van der Waals surface area (Å²) in [4.78, 5) is 2.38. The molecule has 21 heavy (non-hydrogen) atoms. The Hall–Kier alpha value is -1.69. The topological polar surface area (TPSA) is 70.8 Å². The largest absolute Gasteiger partial charge is 0.423 e. The number of nitrogens with one attached hydrogen (secondary N) is 1. The lowest BCUT2D eigenvalue weighted by Crippen LogP contribution is -2.34. The lowest BCUT2D eigenvalue weighted by molar-refractivity contribution is 0.179. The molecule has 0 aromatic carbocycles. The molecule has 1 unspecified atom stereocenters. The van der Waals surface area contributed by atoms with Gasteiger partial charge in [0.1, 0.15) is 0 Å². The van der Waals surface area contributed by atoms with E-state index >= 15 is 0 Å². The second-order valence-electron chi connectivity index (χ2n) is 6.84. The summed E-state index contributed by atoms with van der Waals surface area (Å²) >= 11 is 0. The van der Waals surface area contributed by atoms with Crippen LogP contribution in [0.25, 0.3) is 0 Å². The molecule has 0 aliphatic carbocycles. The van der Waals surface area contributed by atoms with E-state index in [-0.39, 0.29) is 5.41 Å². The molecule has 1 atom stereocenters. The van der Waals surface area contributed by atoms with Crippen molar-refractivity contribution in [3.05, 3.63) is 29.7 Å². The van der Waals surface area contributed by atoms with Gasteiger partial charge in [0.25, 0.3) is 0 Å². The third kappa shape index (κ3) is 3.32. The predicted octanol–water partition coefficient (Wildman–Crippen LogP) is 2.47. The number of aromatic nitrogens is 4. The van der Waals surface area contributed by atoms with Gasteiger partial charge in [-0.05, 0) is 25.5 Å². The first-order valence-electron chi connectivity index (χ1n) is 7.57. The summed E-state index contributed by atoms with van der Waals surface area (Å²) in [6, 6.07) is 2.07. The zero-order chi connectivity index (χ0) is 14.9. The second kappa shape index (κ2) is 5.60. The number of likely N-dealkylation sites (tertiary alicyclic amines) is 1. The van der Waals surface area contributed by atoms with Gasteiger partial charge in [0.05, 0.1) is 6.54 Å². The molecule has 0 amide bonds. The van der Waals surface area contributed by atoms with Gasteiger partial charge >= 0.3 is 0 Å². The van der Waals surface area contributed by atoms with Gasteiger partial charge in [-0.3, -0.25) is 10.00 Å². The number of aromatic amines is 1. The van der Waals surface area contributed by atoms with Gasteiger partial charge in [0.15, 0.2) is 0 Å². The number of piperidine rings is 1. The van der Waals surface area contributed by atoms with E-state index in [1.807, 2.05) is 6.20 Å². The van der Waals surface area contributed by atoms with Crippen LogP contribution in [-0.4, -0.2) is 38.4 Å². The molecule has 0 spiro atoms. The van der Waals surface area contributed by atoms with Gasteiger partial charge in [-0.25, -0.2) is 0 Å². The van der Waals surface area contributed by atoms with Crippen molar-refractivity contribution in [2.75, 3.05) is 13.1 Å². The summed E-state index contributed by atoms with van der Waals surface area (Å²) in [5, 5.41) is 15.5. The Balaban J connectivity index is 1.63. The molecule has 3 rings (SSSR count). The van der Waals surface area contributed by atoms with Crippen LogP contribution >= 0.6 is 0 Å². The van der Waals surface area contributed by atoms with Crippen LogP contribution in [0.1, 0.15) is 57.0 Å². The maximum atomic E-state index is 5.79. The van der Waals surface area contributed by atoms with Crippen LogP contribution in [0.15, 0.2) is 16.7 Å². The smallest absolute Gasteiger partial charge is 0.230 e. The molecule has 1 aliphatic rings. The van der Waals surface area contributed by atoms with Gasteiger partial charge in [0, 0.05) is 29.8 Å². The first-order chi connectivity index (χ1) is 10.0. The van der Waals surface area contributed by atoms with Gasteiger partial charge in [-0.1, -0.05) is 20.8 Å². The van der Waals surface area contributed by atoms with Crippen molar-refractivity contribution in [2.24, 2.45) is 0 Å². The zero-order valence-electron chi connectivity index (χ0n) is 13.0. The molecule has 1 aliphatic heterocycles. The lowest BCUT2D eigenvalue weighted by Gasteiger charge is -2.31. The predicted molar refractivity (Wildman–Crippen MR) is 78.8 cm³/mol. The molecule has 1 fully saturated rings. The molecule has 0 bridgehead atoms. The van der Waals surface area contributed by atoms with Crippen LogP contribution in [0.5, 0.6) is 0 Å². The van der Waals surface area contributed by atoms with Crippen LogP contribution in [0.2, 0.25) is 0 Å². The molecule has 0 radical (unpaired) electrons. The molecular weight excluding hydrogens is 266 g/mol. The maximum absolute atomic E-state index is 5.79. The number of hydrogen-bond donors (Lipinski definition) is 1. The van der Waals surface area contributed by atoms with E-state index in [0.29, 0.717) is 17.7 Å². The van der Waals surface area contributed by atoms with Crippen LogP contribution in [-0.2, 0) is 12.0 Å². The van der Waals surface area contributed by atoms with E-state index in [9.17, 15) is 0 Å². The van der Waals surface area contributed by atoms with Crippen LogP contribution in [0.3, 0.4) is 0 Å². The summed E-state index contributed by atoms with van der Waals surface area (Å²) in [5.74, 6) is 1.94. The Kier molecular flexibility index (Phi) is 3.80. The normalized spacial score (nSPS) is 20.8. The van der Waals surface area contributed by atoms with E-state index in [1.165, 1.54) is 18.5 Å². The molecule has 0 saturated carbocycles. The standard InChI is InChI=1S/C15H23N5O/c1-15(2,3)14-19-18-13(21-14)10-20-8-4-5-11(9-20)12-6-7-16-17-12/h6-7,11H,4-5,8-10H2,1-3H3,(H,16,17). The first-order valence-corrected chi connectivity index (χ1v) is 7.57. The molecule has 6 nitrogen and oxygen atoms in total. The van der Waals surface area contributed by atoms with Crippen molar-refractivity contribution in [3.8, 4) is 0 Å². The second-order valence-corrected chi connectivity index (χ2v) is 6.84. The zero-order valence-corrected chi connectivity index (χ0v) is 13.0. The highest BCUT2D eigenvalue weighted by Crippen LogP contribution is 2.26. The lowest BCUT2D eigenvalue weighted by atomic mass is 9.95. The molecule has 2 aromatic rings. The number of hydrogen-bond acceptors (Lipinski definition) is 5. The first kappa shape index (κ1) is 14.3. The summed E-state index contributed by atoms with van der Waals surface area (Å²) < 4.78 is 5.79. The van der Waals surface area contributed by atoms with E-state index in [0.717, 1.165) is 19.6 Å². The van der Waals surface area contributed by atoms with Crippen LogP contribution in [0.4, 0.5) is 0 Å². The highest BCUT2D eigenvalue weighted by atomic mass is 16.4. The van der Waals surface area contributed by atoms with Gasteiger partial charge in [-0.15, -0.1) is 10.2 Å². The van der Waals surface area contributed by atoms with Crippen molar-refractivity contribution in [2.45, 2.75) is 51.5 Å². The number of nitrogens with zero attached hydrogens (tertiary/aromatic N) is 4. The fourth-order valence-electron chi connectivity index (χ4n) is 2.76.